The number of amides is 2. The first kappa shape index (κ1) is 21.5. The van der Waals surface area contributed by atoms with Gasteiger partial charge in [0.05, 0.1) is 10.9 Å². The maximum atomic E-state index is 13.1. The van der Waals surface area contributed by atoms with E-state index in [0.717, 1.165) is 29.0 Å². The molecule has 0 bridgehead atoms. The summed E-state index contributed by atoms with van der Waals surface area (Å²) >= 11 is 2.79. The lowest BCUT2D eigenvalue weighted by Gasteiger charge is -2.14. The molecule has 0 aliphatic heterocycles. The molecule has 1 fully saturated rings. The number of thioether (sulfide) groups is 1. The van der Waals surface area contributed by atoms with Gasteiger partial charge in [-0.25, -0.2) is 9.37 Å². The SMILES string of the molecule is CCC(Sc1cccc(NC(=O)C2CC2)c1)C(=O)Nc1nc(-c2ccc(F)cc2)cs1. The molecule has 8 heteroatoms. The van der Waals surface area contributed by atoms with E-state index >= 15 is 0 Å². The number of thiazole rings is 1. The molecule has 2 N–H and O–H groups in total. The zero-order valence-electron chi connectivity index (χ0n) is 16.9. The lowest BCUT2D eigenvalue weighted by molar-refractivity contribution is -0.117. The van der Waals surface area contributed by atoms with Crippen LogP contribution < -0.4 is 10.6 Å². The summed E-state index contributed by atoms with van der Waals surface area (Å²) in [6.45, 7) is 1.96. The second kappa shape index (κ2) is 9.62. The first-order valence-corrected chi connectivity index (χ1v) is 11.9. The van der Waals surface area contributed by atoms with Crippen LogP contribution in [-0.4, -0.2) is 22.0 Å². The molecule has 1 saturated carbocycles. The zero-order valence-corrected chi connectivity index (χ0v) is 18.6. The second-order valence-electron chi connectivity index (χ2n) is 7.34. The van der Waals surface area contributed by atoms with Crippen molar-refractivity contribution in [1.29, 1.82) is 0 Å². The molecule has 1 unspecified atom stereocenters. The highest BCUT2D eigenvalue weighted by atomic mass is 32.2. The molecular weight excluding hydrogens is 433 g/mol. The van der Waals surface area contributed by atoms with Crippen LogP contribution in [0.15, 0.2) is 58.8 Å². The number of hydrogen-bond acceptors (Lipinski definition) is 5. The van der Waals surface area contributed by atoms with E-state index in [4.69, 9.17) is 0 Å². The highest BCUT2D eigenvalue weighted by Crippen LogP contribution is 2.32. The van der Waals surface area contributed by atoms with Gasteiger partial charge in [-0.15, -0.1) is 23.1 Å². The number of carbonyl (C=O) groups excluding carboxylic acids is 2. The molecule has 0 saturated heterocycles. The minimum atomic E-state index is -0.300. The molecule has 1 heterocycles. The second-order valence-corrected chi connectivity index (χ2v) is 9.47. The standard InChI is InChI=1S/C23H22FN3O2S2/c1-2-20(31-18-5-3-4-17(12-18)25-21(28)15-6-7-15)22(29)27-23-26-19(13-30-23)14-8-10-16(24)11-9-14/h3-5,8-13,15,20H,2,6-7H2,1H3,(H,25,28)(H,26,27,29). The first-order chi connectivity index (χ1) is 15.0. The number of benzene rings is 2. The number of rotatable bonds is 8. The maximum absolute atomic E-state index is 13.1. The molecule has 5 nitrogen and oxygen atoms in total. The smallest absolute Gasteiger partial charge is 0.239 e. The van der Waals surface area contributed by atoms with Crippen LogP contribution in [0.2, 0.25) is 0 Å². The Bertz CT molecular complexity index is 1080. The van der Waals surface area contributed by atoms with E-state index in [2.05, 4.69) is 15.6 Å². The van der Waals surface area contributed by atoms with Gasteiger partial charge >= 0.3 is 0 Å². The number of aromatic nitrogens is 1. The van der Waals surface area contributed by atoms with Crippen molar-refractivity contribution in [3.8, 4) is 11.3 Å². The number of nitrogens with zero attached hydrogens (tertiary/aromatic N) is 1. The highest BCUT2D eigenvalue weighted by molar-refractivity contribution is 8.00. The molecule has 0 spiro atoms. The molecule has 160 valence electrons. The van der Waals surface area contributed by atoms with Crippen LogP contribution in [-0.2, 0) is 9.59 Å². The van der Waals surface area contributed by atoms with Gasteiger partial charge in [0, 0.05) is 27.4 Å². The van der Waals surface area contributed by atoms with E-state index in [9.17, 15) is 14.0 Å². The van der Waals surface area contributed by atoms with Crippen molar-refractivity contribution in [1.82, 2.24) is 4.98 Å². The lowest BCUT2D eigenvalue weighted by atomic mass is 10.2. The Morgan fingerprint density at radius 2 is 1.97 bits per heavy atom. The van der Waals surface area contributed by atoms with E-state index in [-0.39, 0.29) is 28.8 Å². The molecule has 0 radical (unpaired) electrons. The Hall–Kier alpha value is -2.71. The number of halogens is 1. The first-order valence-electron chi connectivity index (χ1n) is 10.1. The molecule has 31 heavy (non-hydrogen) atoms. The summed E-state index contributed by atoms with van der Waals surface area (Å²) in [7, 11) is 0. The van der Waals surface area contributed by atoms with E-state index in [1.807, 2.05) is 36.6 Å². The molecule has 3 aromatic rings. The number of nitrogens with one attached hydrogen (secondary N) is 2. The molecule has 2 amide bonds. The van der Waals surface area contributed by atoms with Crippen molar-refractivity contribution in [3.63, 3.8) is 0 Å². The average Bonchev–Trinajstić information content (AvgIpc) is 3.52. The van der Waals surface area contributed by atoms with E-state index < -0.39 is 0 Å². The largest absolute Gasteiger partial charge is 0.326 e. The Balaban J connectivity index is 1.38. The zero-order chi connectivity index (χ0) is 21.8. The van der Waals surface area contributed by atoms with Crippen LogP contribution >= 0.6 is 23.1 Å². The van der Waals surface area contributed by atoms with Crippen LogP contribution in [0.5, 0.6) is 0 Å². The third-order valence-corrected chi connectivity index (χ3v) is 6.98. The number of carbonyl (C=O) groups is 2. The van der Waals surface area contributed by atoms with Crippen molar-refractivity contribution in [3.05, 3.63) is 59.7 Å². The van der Waals surface area contributed by atoms with E-state index in [1.54, 1.807) is 12.1 Å². The maximum Gasteiger partial charge on any atom is 0.239 e. The predicted octanol–water partition coefficient (Wildman–Crippen LogP) is 5.81. The van der Waals surface area contributed by atoms with E-state index in [0.29, 0.717) is 17.2 Å². The van der Waals surface area contributed by atoms with Gasteiger partial charge in [-0.3, -0.25) is 9.59 Å². The van der Waals surface area contributed by atoms with Gasteiger partial charge in [0.25, 0.3) is 0 Å². The summed E-state index contributed by atoms with van der Waals surface area (Å²) in [4.78, 5) is 30.2. The number of hydrogen-bond donors (Lipinski definition) is 2. The third kappa shape index (κ3) is 5.71. The van der Waals surface area contributed by atoms with Crippen LogP contribution in [0, 0.1) is 11.7 Å². The van der Waals surface area contributed by atoms with Gasteiger partial charge in [-0.05, 0) is 61.7 Å². The minimum absolute atomic E-state index is 0.0627. The van der Waals surface area contributed by atoms with Crippen LogP contribution in [0.4, 0.5) is 15.2 Å². The quantitative estimate of drug-likeness (QED) is 0.421. The van der Waals surface area contributed by atoms with Gasteiger partial charge in [-0.1, -0.05) is 13.0 Å². The van der Waals surface area contributed by atoms with Gasteiger partial charge < -0.3 is 10.6 Å². The van der Waals surface area contributed by atoms with Gasteiger partial charge in [-0.2, -0.15) is 0 Å². The monoisotopic (exact) mass is 455 g/mol. The van der Waals surface area contributed by atoms with Crippen molar-refractivity contribution in [2.75, 3.05) is 10.6 Å². The van der Waals surface area contributed by atoms with Crippen molar-refractivity contribution >= 4 is 45.7 Å². The van der Waals surface area contributed by atoms with Crippen molar-refractivity contribution < 1.29 is 14.0 Å². The molecule has 4 rings (SSSR count). The normalized spacial score (nSPS) is 14.1. The van der Waals surface area contributed by atoms with Crippen LogP contribution in [0.1, 0.15) is 26.2 Å². The Labute approximate surface area is 188 Å². The summed E-state index contributed by atoms with van der Waals surface area (Å²) in [6.07, 6.45) is 2.56. The Morgan fingerprint density at radius 3 is 2.68 bits per heavy atom. The summed E-state index contributed by atoms with van der Waals surface area (Å²) in [6, 6.07) is 13.7. The number of anilines is 2. The van der Waals surface area contributed by atoms with Gasteiger partial charge in [0.1, 0.15) is 5.82 Å². The van der Waals surface area contributed by atoms with E-state index in [1.165, 1.54) is 35.2 Å². The molecular formula is C23H22FN3O2S2. The summed E-state index contributed by atoms with van der Waals surface area (Å²) < 4.78 is 13.1. The minimum Gasteiger partial charge on any atom is -0.326 e. The van der Waals surface area contributed by atoms with Crippen LogP contribution in [0.3, 0.4) is 0 Å². The fraction of sp³-hybridized carbons (Fsp3) is 0.261. The summed E-state index contributed by atoms with van der Waals surface area (Å²) in [5, 5.41) is 7.88. The average molecular weight is 456 g/mol. The Morgan fingerprint density at radius 1 is 1.19 bits per heavy atom. The lowest BCUT2D eigenvalue weighted by Crippen LogP contribution is -2.24. The van der Waals surface area contributed by atoms with Gasteiger partial charge in [0.2, 0.25) is 11.8 Å². The molecule has 1 aliphatic carbocycles. The topological polar surface area (TPSA) is 71.1 Å². The molecule has 1 atom stereocenters. The van der Waals surface area contributed by atoms with Crippen molar-refractivity contribution in [2.24, 2.45) is 5.92 Å². The summed E-state index contributed by atoms with van der Waals surface area (Å²) in [5.41, 5.74) is 2.24. The Kier molecular flexibility index (Phi) is 6.67. The highest BCUT2D eigenvalue weighted by Gasteiger charge is 2.29. The van der Waals surface area contributed by atoms with Crippen LogP contribution in [0.25, 0.3) is 11.3 Å². The van der Waals surface area contributed by atoms with Crippen molar-refractivity contribution in [2.45, 2.75) is 36.3 Å². The molecule has 2 aromatic carbocycles. The van der Waals surface area contributed by atoms with Gasteiger partial charge in [0.15, 0.2) is 5.13 Å². The molecule has 1 aromatic heterocycles. The predicted molar refractivity (Wildman–Crippen MR) is 124 cm³/mol. The fourth-order valence-corrected chi connectivity index (χ4v) is 4.73. The summed E-state index contributed by atoms with van der Waals surface area (Å²) in [5.74, 6) is -0.220. The fourth-order valence-electron chi connectivity index (χ4n) is 2.99. The third-order valence-electron chi connectivity index (χ3n) is 4.87. The molecule has 1 aliphatic rings.